The van der Waals surface area contributed by atoms with Gasteiger partial charge in [-0.25, -0.2) is 4.79 Å². The number of anilines is 2. The number of amides is 3. The van der Waals surface area contributed by atoms with Gasteiger partial charge in [-0.3, -0.25) is 4.79 Å². The Kier molecular flexibility index (Phi) is 6.03. The van der Waals surface area contributed by atoms with Crippen LogP contribution in [-0.2, 0) is 4.79 Å². The molecule has 0 atom stereocenters. The minimum Gasteiger partial charge on any atom is -0.493 e. The Morgan fingerprint density at radius 3 is 2.54 bits per heavy atom. The molecule has 1 fully saturated rings. The second-order valence-corrected chi connectivity index (χ2v) is 6.54. The average molecular weight is 388 g/mol. The first-order valence-corrected chi connectivity index (χ1v) is 9.03. The van der Waals surface area contributed by atoms with Crippen molar-refractivity contribution in [2.75, 3.05) is 37.9 Å². The smallest absolute Gasteiger partial charge is 0.321 e. The van der Waals surface area contributed by atoms with E-state index in [0.717, 1.165) is 0 Å². The maximum Gasteiger partial charge on any atom is 0.321 e. The lowest BCUT2D eigenvalue weighted by Crippen LogP contribution is -2.43. The molecule has 3 amide bonds. The topological polar surface area (TPSA) is 106 Å². The number of carbonyl (C=O) groups is 2. The molecule has 2 heterocycles. The van der Waals surface area contributed by atoms with Crippen LogP contribution in [0.2, 0.25) is 0 Å². The number of aromatic nitrogens is 1. The van der Waals surface area contributed by atoms with E-state index in [2.05, 4.69) is 15.8 Å². The van der Waals surface area contributed by atoms with Gasteiger partial charge in [0.25, 0.3) is 0 Å². The van der Waals surface area contributed by atoms with Gasteiger partial charge < -0.3 is 29.5 Å². The molecule has 2 N–H and O–H groups in total. The van der Waals surface area contributed by atoms with E-state index in [0.29, 0.717) is 54.7 Å². The maximum atomic E-state index is 12.6. The summed E-state index contributed by atoms with van der Waals surface area (Å²) in [4.78, 5) is 26.6. The number of para-hydroxylation sites is 1. The molecule has 1 aromatic heterocycles. The number of carbonyl (C=O) groups excluding carboxylic acids is 2. The summed E-state index contributed by atoms with van der Waals surface area (Å²) in [5.74, 6) is 1.77. The van der Waals surface area contributed by atoms with Crippen molar-refractivity contribution in [3.63, 3.8) is 0 Å². The normalized spacial score (nSPS) is 14.5. The first-order chi connectivity index (χ1) is 13.5. The highest BCUT2D eigenvalue weighted by Crippen LogP contribution is 2.35. The molecule has 9 heteroatoms. The van der Waals surface area contributed by atoms with Gasteiger partial charge in [-0.15, -0.1) is 0 Å². The summed E-state index contributed by atoms with van der Waals surface area (Å²) in [5.41, 5.74) is 0.535. The van der Waals surface area contributed by atoms with Gasteiger partial charge in [0.1, 0.15) is 5.76 Å². The van der Waals surface area contributed by atoms with E-state index in [1.807, 2.05) is 0 Å². The number of likely N-dealkylation sites (tertiary alicyclic amines) is 1. The van der Waals surface area contributed by atoms with E-state index in [9.17, 15) is 9.59 Å². The number of ether oxygens (including phenoxy) is 2. The Morgan fingerprint density at radius 1 is 1.18 bits per heavy atom. The number of nitrogens with zero attached hydrogens (tertiary/aromatic N) is 2. The summed E-state index contributed by atoms with van der Waals surface area (Å²) >= 11 is 0. The molecule has 28 heavy (non-hydrogen) atoms. The van der Waals surface area contributed by atoms with Crippen molar-refractivity contribution in [3.8, 4) is 11.5 Å². The summed E-state index contributed by atoms with van der Waals surface area (Å²) in [6, 6.07) is 6.72. The molecular formula is C19H24N4O5. The average Bonchev–Trinajstić information content (AvgIpc) is 3.12. The van der Waals surface area contributed by atoms with Gasteiger partial charge in [-0.1, -0.05) is 11.2 Å². The third kappa shape index (κ3) is 4.36. The number of urea groups is 1. The van der Waals surface area contributed by atoms with Gasteiger partial charge in [-0.2, -0.15) is 0 Å². The molecule has 0 saturated carbocycles. The summed E-state index contributed by atoms with van der Waals surface area (Å²) < 4.78 is 15.5. The summed E-state index contributed by atoms with van der Waals surface area (Å²) in [7, 11) is 3.06. The Balaban J connectivity index is 1.55. The number of hydrogen-bond donors (Lipinski definition) is 2. The Hall–Kier alpha value is -3.23. The molecule has 0 unspecified atom stereocenters. The number of nitrogens with one attached hydrogen (secondary N) is 2. The quantitative estimate of drug-likeness (QED) is 0.816. The predicted molar refractivity (Wildman–Crippen MR) is 103 cm³/mol. The molecule has 150 valence electrons. The number of methoxy groups -OCH3 is 2. The highest BCUT2D eigenvalue weighted by Gasteiger charge is 2.28. The number of rotatable bonds is 5. The van der Waals surface area contributed by atoms with Gasteiger partial charge in [0, 0.05) is 25.1 Å². The van der Waals surface area contributed by atoms with Crippen LogP contribution in [0, 0.1) is 12.8 Å². The van der Waals surface area contributed by atoms with Crippen LogP contribution < -0.4 is 20.1 Å². The van der Waals surface area contributed by atoms with Gasteiger partial charge in [0.15, 0.2) is 17.3 Å². The number of benzene rings is 1. The molecule has 1 aliphatic rings. The Morgan fingerprint density at radius 2 is 1.93 bits per heavy atom. The lowest BCUT2D eigenvalue weighted by atomic mass is 9.96. The second kappa shape index (κ2) is 8.64. The maximum absolute atomic E-state index is 12.6. The molecule has 0 aliphatic carbocycles. The van der Waals surface area contributed by atoms with Gasteiger partial charge in [-0.05, 0) is 31.9 Å². The van der Waals surface area contributed by atoms with Crippen LogP contribution >= 0.6 is 0 Å². The lowest BCUT2D eigenvalue weighted by molar-refractivity contribution is -0.121. The molecule has 1 aliphatic heterocycles. The van der Waals surface area contributed by atoms with Crippen LogP contribution in [0.25, 0.3) is 0 Å². The van der Waals surface area contributed by atoms with Crippen molar-refractivity contribution in [3.05, 3.63) is 30.0 Å². The Bertz CT molecular complexity index is 843. The number of aryl methyl sites for hydroxylation is 1. The van der Waals surface area contributed by atoms with E-state index in [4.69, 9.17) is 14.0 Å². The molecule has 1 aromatic carbocycles. The van der Waals surface area contributed by atoms with Crippen molar-refractivity contribution >= 4 is 23.4 Å². The minimum atomic E-state index is -0.238. The van der Waals surface area contributed by atoms with E-state index < -0.39 is 0 Å². The standard InChI is InChI=1S/C19H24N4O5/c1-12-11-16(22-28-12)21-18(24)13-7-9-23(10-8-13)19(25)20-14-5-4-6-15(26-2)17(14)27-3/h4-6,11,13H,7-10H2,1-3H3,(H,20,25)(H,21,22,24). The van der Waals surface area contributed by atoms with E-state index in [-0.39, 0.29) is 17.9 Å². The highest BCUT2D eigenvalue weighted by molar-refractivity contribution is 5.93. The molecule has 0 bridgehead atoms. The molecule has 0 spiro atoms. The molecule has 2 aromatic rings. The van der Waals surface area contributed by atoms with Crippen molar-refractivity contribution < 1.29 is 23.6 Å². The van der Waals surface area contributed by atoms with Gasteiger partial charge >= 0.3 is 6.03 Å². The van der Waals surface area contributed by atoms with E-state index in [1.165, 1.54) is 7.11 Å². The molecular weight excluding hydrogens is 364 g/mol. The van der Waals surface area contributed by atoms with Crippen LogP contribution in [0.5, 0.6) is 11.5 Å². The zero-order chi connectivity index (χ0) is 20.1. The predicted octanol–water partition coefficient (Wildman–Crippen LogP) is 2.88. The van der Waals surface area contributed by atoms with Crippen molar-refractivity contribution in [2.45, 2.75) is 19.8 Å². The van der Waals surface area contributed by atoms with Crippen LogP contribution in [0.3, 0.4) is 0 Å². The van der Waals surface area contributed by atoms with E-state index in [1.54, 1.807) is 43.2 Å². The fourth-order valence-corrected chi connectivity index (χ4v) is 3.18. The lowest BCUT2D eigenvalue weighted by Gasteiger charge is -2.31. The number of hydrogen-bond acceptors (Lipinski definition) is 6. The summed E-state index contributed by atoms with van der Waals surface area (Å²) in [5, 5.41) is 9.37. The SMILES string of the molecule is COc1cccc(NC(=O)N2CCC(C(=O)Nc3cc(C)on3)CC2)c1OC. The third-order valence-corrected chi connectivity index (χ3v) is 4.68. The zero-order valence-corrected chi connectivity index (χ0v) is 16.2. The van der Waals surface area contributed by atoms with Crippen molar-refractivity contribution in [1.82, 2.24) is 10.1 Å². The summed E-state index contributed by atoms with van der Waals surface area (Å²) in [6.45, 7) is 2.72. The van der Waals surface area contributed by atoms with Crippen LogP contribution in [0.15, 0.2) is 28.8 Å². The van der Waals surface area contributed by atoms with Crippen molar-refractivity contribution in [1.29, 1.82) is 0 Å². The first kappa shape index (κ1) is 19.5. The second-order valence-electron chi connectivity index (χ2n) is 6.54. The third-order valence-electron chi connectivity index (χ3n) is 4.68. The van der Waals surface area contributed by atoms with Crippen molar-refractivity contribution in [2.24, 2.45) is 5.92 Å². The fourth-order valence-electron chi connectivity index (χ4n) is 3.18. The largest absolute Gasteiger partial charge is 0.493 e. The van der Waals surface area contributed by atoms with Crippen LogP contribution in [0.4, 0.5) is 16.3 Å². The first-order valence-electron chi connectivity index (χ1n) is 9.03. The molecule has 3 rings (SSSR count). The van der Waals surface area contributed by atoms with Crippen LogP contribution in [0.1, 0.15) is 18.6 Å². The van der Waals surface area contributed by atoms with Gasteiger partial charge in [0.05, 0.1) is 19.9 Å². The molecule has 1 saturated heterocycles. The number of piperidine rings is 1. The summed E-state index contributed by atoms with van der Waals surface area (Å²) in [6.07, 6.45) is 1.15. The fraction of sp³-hybridized carbons (Fsp3) is 0.421. The van der Waals surface area contributed by atoms with Gasteiger partial charge in [0.2, 0.25) is 5.91 Å². The monoisotopic (exact) mass is 388 g/mol. The van der Waals surface area contributed by atoms with E-state index >= 15 is 0 Å². The minimum absolute atomic E-state index is 0.108. The Labute approximate surface area is 163 Å². The molecule has 0 radical (unpaired) electrons. The zero-order valence-electron chi connectivity index (χ0n) is 16.2. The highest BCUT2D eigenvalue weighted by atomic mass is 16.5. The molecule has 9 nitrogen and oxygen atoms in total. The van der Waals surface area contributed by atoms with Crippen LogP contribution in [-0.4, -0.2) is 49.3 Å².